The Bertz CT molecular complexity index is 655. The van der Waals surface area contributed by atoms with Gasteiger partial charge in [0.15, 0.2) is 0 Å². The molecule has 0 heterocycles. The van der Waals surface area contributed by atoms with Crippen molar-refractivity contribution in [2.75, 3.05) is 5.32 Å². The number of rotatable bonds is 4. The number of hydrogen-bond donors (Lipinski definition) is 2. The minimum absolute atomic E-state index is 0.0302. The predicted octanol–water partition coefficient (Wildman–Crippen LogP) is 3.05. The molecule has 1 amide bonds. The molecule has 2 rings (SSSR count). The molecule has 0 aliphatic heterocycles. The lowest BCUT2D eigenvalue weighted by atomic mass is 10.2. The lowest BCUT2D eigenvalue weighted by Crippen LogP contribution is -2.13. The number of anilines is 1. The first-order chi connectivity index (χ1) is 10.1. The van der Waals surface area contributed by atoms with Crippen LogP contribution in [0.15, 0.2) is 48.5 Å². The molecule has 108 valence electrons. The number of phenols is 1. The lowest BCUT2D eigenvalue weighted by molar-refractivity contribution is -0.384. The largest absolute Gasteiger partial charge is 0.506 e. The van der Waals surface area contributed by atoms with Gasteiger partial charge in [-0.15, -0.1) is 0 Å². The summed E-state index contributed by atoms with van der Waals surface area (Å²) in [5.74, 6) is -0.0650. The Morgan fingerprint density at radius 2 is 1.86 bits per heavy atom. The summed E-state index contributed by atoms with van der Waals surface area (Å²) in [4.78, 5) is 21.6. The predicted molar refractivity (Wildman–Crippen MR) is 75.0 cm³/mol. The van der Waals surface area contributed by atoms with Gasteiger partial charge in [0, 0.05) is 12.1 Å². The van der Waals surface area contributed by atoms with Crippen LogP contribution in [0.1, 0.15) is 5.56 Å². The SMILES string of the molecule is O=C(Nc1ccccc1O)OCc1ccc([N+](=O)[O-])cc1. The molecule has 0 aliphatic rings. The summed E-state index contributed by atoms with van der Waals surface area (Å²) in [6, 6.07) is 11.9. The second-order valence-electron chi connectivity index (χ2n) is 4.14. The Labute approximate surface area is 119 Å². The van der Waals surface area contributed by atoms with E-state index in [9.17, 15) is 20.0 Å². The number of phenolic OH excluding ortho intramolecular Hbond substituents is 1. The number of hydrogen-bond acceptors (Lipinski definition) is 5. The highest BCUT2D eigenvalue weighted by atomic mass is 16.6. The summed E-state index contributed by atoms with van der Waals surface area (Å²) < 4.78 is 4.96. The van der Waals surface area contributed by atoms with Crippen LogP contribution in [0.2, 0.25) is 0 Å². The molecule has 0 aliphatic carbocycles. The number of carbonyl (C=O) groups excluding carboxylic acids is 1. The standard InChI is InChI=1S/C14H12N2O5/c17-13-4-2-1-3-12(13)15-14(18)21-9-10-5-7-11(8-6-10)16(19)20/h1-8,17H,9H2,(H,15,18). The van der Waals surface area contributed by atoms with Gasteiger partial charge in [0.1, 0.15) is 12.4 Å². The fourth-order valence-corrected chi connectivity index (χ4v) is 1.59. The zero-order valence-corrected chi connectivity index (χ0v) is 10.9. The second kappa shape index (κ2) is 6.38. The first kappa shape index (κ1) is 14.3. The van der Waals surface area contributed by atoms with Crippen molar-refractivity contribution in [3.63, 3.8) is 0 Å². The molecule has 0 bridgehead atoms. The van der Waals surface area contributed by atoms with Crippen LogP contribution in [0, 0.1) is 10.1 Å². The highest BCUT2D eigenvalue weighted by Crippen LogP contribution is 2.21. The van der Waals surface area contributed by atoms with Crippen LogP contribution in [0.3, 0.4) is 0 Å². The van der Waals surface area contributed by atoms with E-state index in [1.807, 2.05) is 0 Å². The van der Waals surface area contributed by atoms with Crippen molar-refractivity contribution in [3.8, 4) is 5.75 Å². The lowest BCUT2D eigenvalue weighted by Gasteiger charge is -2.08. The molecule has 21 heavy (non-hydrogen) atoms. The Morgan fingerprint density at radius 3 is 2.48 bits per heavy atom. The maximum absolute atomic E-state index is 11.6. The molecule has 7 heteroatoms. The van der Waals surface area contributed by atoms with Gasteiger partial charge in [-0.2, -0.15) is 0 Å². The van der Waals surface area contributed by atoms with Crippen LogP contribution >= 0.6 is 0 Å². The van der Waals surface area contributed by atoms with E-state index >= 15 is 0 Å². The average molecular weight is 288 g/mol. The van der Waals surface area contributed by atoms with E-state index in [2.05, 4.69) is 5.32 Å². The number of nitro groups is 1. The number of para-hydroxylation sites is 2. The quantitative estimate of drug-likeness (QED) is 0.511. The van der Waals surface area contributed by atoms with E-state index < -0.39 is 11.0 Å². The van der Waals surface area contributed by atoms with Crippen LogP contribution in [0.4, 0.5) is 16.2 Å². The molecular weight excluding hydrogens is 276 g/mol. The van der Waals surface area contributed by atoms with Crippen molar-refractivity contribution in [2.45, 2.75) is 6.61 Å². The van der Waals surface area contributed by atoms with Crippen molar-refractivity contribution in [3.05, 3.63) is 64.2 Å². The molecule has 0 spiro atoms. The molecular formula is C14H12N2O5. The van der Waals surface area contributed by atoms with E-state index in [1.54, 1.807) is 12.1 Å². The molecule has 0 saturated heterocycles. The van der Waals surface area contributed by atoms with Gasteiger partial charge in [0.05, 0.1) is 10.6 Å². The summed E-state index contributed by atoms with van der Waals surface area (Å²) in [5.41, 5.74) is 0.830. The van der Waals surface area contributed by atoms with E-state index in [1.165, 1.54) is 36.4 Å². The smallest absolute Gasteiger partial charge is 0.412 e. The molecule has 0 radical (unpaired) electrons. The van der Waals surface area contributed by atoms with Crippen LogP contribution < -0.4 is 5.32 Å². The van der Waals surface area contributed by atoms with Gasteiger partial charge in [-0.05, 0) is 29.8 Å². The summed E-state index contributed by atoms with van der Waals surface area (Å²) >= 11 is 0. The highest BCUT2D eigenvalue weighted by molar-refractivity contribution is 5.86. The van der Waals surface area contributed by atoms with Gasteiger partial charge in [-0.25, -0.2) is 4.79 Å². The Morgan fingerprint density at radius 1 is 1.19 bits per heavy atom. The Kier molecular flexibility index (Phi) is 4.35. The van der Waals surface area contributed by atoms with Crippen LogP contribution in [-0.4, -0.2) is 16.1 Å². The number of nitrogens with one attached hydrogen (secondary N) is 1. The summed E-state index contributed by atoms with van der Waals surface area (Å²) in [6.07, 6.45) is -0.727. The fourth-order valence-electron chi connectivity index (χ4n) is 1.59. The number of aromatic hydroxyl groups is 1. The minimum atomic E-state index is -0.727. The number of nitro benzene ring substituents is 1. The van der Waals surface area contributed by atoms with Gasteiger partial charge in [0.2, 0.25) is 0 Å². The third-order valence-corrected chi connectivity index (χ3v) is 2.66. The molecule has 7 nitrogen and oxygen atoms in total. The second-order valence-corrected chi connectivity index (χ2v) is 4.14. The van der Waals surface area contributed by atoms with Gasteiger partial charge < -0.3 is 9.84 Å². The maximum atomic E-state index is 11.6. The van der Waals surface area contributed by atoms with E-state index in [0.29, 0.717) is 5.56 Å². The number of ether oxygens (including phenoxy) is 1. The highest BCUT2D eigenvalue weighted by Gasteiger charge is 2.08. The van der Waals surface area contributed by atoms with E-state index in [4.69, 9.17) is 4.74 Å². The Balaban J connectivity index is 1.89. The third kappa shape index (κ3) is 3.93. The molecule has 0 atom stereocenters. The number of carbonyl (C=O) groups is 1. The number of nitrogens with zero attached hydrogens (tertiary/aromatic N) is 1. The number of benzene rings is 2. The third-order valence-electron chi connectivity index (χ3n) is 2.66. The topological polar surface area (TPSA) is 102 Å². The molecule has 2 aromatic carbocycles. The van der Waals surface area contributed by atoms with Gasteiger partial charge in [0.25, 0.3) is 5.69 Å². The zero-order valence-electron chi connectivity index (χ0n) is 10.9. The summed E-state index contributed by atoms with van der Waals surface area (Å²) in [6.45, 7) is -0.0303. The molecule has 0 saturated carbocycles. The van der Waals surface area contributed by atoms with Crippen molar-refractivity contribution >= 4 is 17.5 Å². The van der Waals surface area contributed by atoms with E-state index in [-0.39, 0.29) is 23.7 Å². The number of non-ortho nitro benzene ring substituents is 1. The van der Waals surface area contributed by atoms with Crippen molar-refractivity contribution in [1.82, 2.24) is 0 Å². The molecule has 0 aromatic heterocycles. The zero-order chi connectivity index (χ0) is 15.2. The van der Waals surface area contributed by atoms with Crippen molar-refractivity contribution < 1.29 is 19.6 Å². The normalized spacial score (nSPS) is 9.90. The van der Waals surface area contributed by atoms with Crippen molar-refractivity contribution in [1.29, 1.82) is 0 Å². The van der Waals surface area contributed by atoms with Gasteiger partial charge in [-0.3, -0.25) is 15.4 Å². The molecule has 0 fully saturated rings. The number of amides is 1. The van der Waals surface area contributed by atoms with Crippen molar-refractivity contribution in [2.24, 2.45) is 0 Å². The summed E-state index contributed by atoms with van der Waals surface area (Å²) in [7, 11) is 0. The van der Waals surface area contributed by atoms with Crippen LogP contribution in [-0.2, 0) is 11.3 Å². The van der Waals surface area contributed by atoms with Gasteiger partial charge >= 0.3 is 6.09 Å². The molecule has 2 aromatic rings. The minimum Gasteiger partial charge on any atom is -0.506 e. The maximum Gasteiger partial charge on any atom is 0.412 e. The monoisotopic (exact) mass is 288 g/mol. The summed E-state index contributed by atoms with van der Waals surface area (Å²) in [5, 5.41) is 22.4. The molecule has 2 N–H and O–H groups in total. The van der Waals surface area contributed by atoms with Crippen LogP contribution in [0.5, 0.6) is 5.75 Å². The molecule has 0 unspecified atom stereocenters. The van der Waals surface area contributed by atoms with Crippen LogP contribution in [0.25, 0.3) is 0 Å². The fraction of sp³-hybridized carbons (Fsp3) is 0.0714. The first-order valence-corrected chi connectivity index (χ1v) is 6.01. The van der Waals surface area contributed by atoms with E-state index in [0.717, 1.165) is 0 Å². The van der Waals surface area contributed by atoms with Gasteiger partial charge in [-0.1, -0.05) is 12.1 Å². The first-order valence-electron chi connectivity index (χ1n) is 6.01. The average Bonchev–Trinajstić information content (AvgIpc) is 2.48. The Hall–Kier alpha value is -3.09.